The maximum absolute atomic E-state index is 13.0. The standard InChI is InChI=1S/C44H83NO11S/c1-3-5-7-9-11-13-15-16-17-18-19-20-21-22-24-26-28-30-32-34-40(48)45-37(38(47)33-31-29-27-25-23-14-12-10-8-6-4-2)36-54-44-42(50)43(56-57(51,52)53)41(49)39(35-46)55-44/h18-19,31,33,37-39,41-44,46-47,49-50H,3-17,20-30,32,34-36H2,1-2H3,(H,45,48)(H,51,52,53)/b19-18-,33-31+. The van der Waals surface area contributed by atoms with Crippen molar-refractivity contribution in [3.8, 4) is 0 Å². The van der Waals surface area contributed by atoms with Crippen LogP contribution < -0.4 is 5.32 Å². The van der Waals surface area contributed by atoms with Crippen LogP contribution in [0, 0.1) is 0 Å². The van der Waals surface area contributed by atoms with Gasteiger partial charge in [0.2, 0.25) is 5.91 Å². The van der Waals surface area contributed by atoms with Crippen molar-refractivity contribution in [3.63, 3.8) is 0 Å². The summed E-state index contributed by atoms with van der Waals surface area (Å²) in [5.41, 5.74) is 0. The van der Waals surface area contributed by atoms with E-state index in [2.05, 4.69) is 35.5 Å². The van der Waals surface area contributed by atoms with E-state index in [9.17, 15) is 33.6 Å². The Hall–Kier alpha value is -1.42. The van der Waals surface area contributed by atoms with Gasteiger partial charge in [0.05, 0.1) is 25.4 Å². The lowest BCUT2D eigenvalue weighted by Gasteiger charge is -2.41. The fourth-order valence-corrected chi connectivity index (χ4v) is 7.66. The fraction of sp³-hybridized carbons (Fsp3) is 0.886. The molecule has 7 unspecified atom stereocenters. The van der Waals surface area contributed by atoms with Gasteiger partial charge in [-0.25, -0.2) is 4.18 Å². The molecule has 0 aromatic carbocycles. The molecule has 0 aromatic rings. The van der Waals surface area contributed by atoms with E-state index in [0.717, 1.165) is 44.9 Å². The second-order valence-corrected chi connectivity index (χ2v) is 17.0. The Kier molecular flexibility index (Phi) is 33.2. The highest BCUT2D eigenvalue weighted by Crippen LogP contribution is 2.26. The topological polar surface area (TPSA) is 192 Å². The van der Waals surface area contributed by atoms with Gasteiger partial charge in [0.15, 0.2) is 6.29 Å². The van der Waals surface area contributed by atoms with E-state index in [1.165, 1.54) is 122 Å². The summed E-state index contributed by atoms with van der Waals surface area (Å²) in [7, 11) is -5.08. The normalized spacial score (nSPS) is 21.4. The SMILES string of the molecule is CCCCCCCCCC/C=C\CCCCCCCCCC(=O)NC(COC1OC(CO)C(O)C(OS(=O)(=O)O)C1O)C(O)/C=C/CCCCCCCCCCC. The largest absolute Gasteiger partial charge is 0.397 e. The zero-order valence-corrected chi connectivity index (χ0v) is 36.5. The fourth-order valence-electron chi connectivity index (χ4n) is 7.15. The molecule has 1 fully saturated rings. The van der Waals surface area contributed by atoms with Gasteiger partial charge in [-0.3, -0.25) is 9.35 Å². The quantitative estimate of drug-likeness (QED) is 0.0198. The molecule has 0 saturated carbocycles. The number of hydrogen-bond acceptors (Lipinski definition) is 10. The molecule has 6 N–H and O–H groups in total. The number of ether oxygens (including phenoxy) is 2. The van der Waals surface area contributed by atoms with Gasteiger partial charge in [-0.15, -0.1) is 0 Å². The number of amides is 1. The maximum Gasteiger partial charge on any atom is 0.397 e. The molecule has 1 amide bonds. The first-order chi connectivity index (χ1) is 27.5. The van der Waals surface area contributed by atoms with Crippen molar-refractivity contribution in [1.82, 2.24) is 5.32 Å². The Bertz CT molecular complexity index is 1120. The van der Waals surface area contributed by atoms with E-state index in [4.69, 9.17) is 14.0 Å². The lowest BCUT2D eigenvalue weighted by Crippen LogP contribution is -2.61. The summed E-state index contributed by atoms with van der Waals surface area (Å²) in [6.07, 6.45) is 30.8. The van der Waals surface area contributed by atoms with Gasteiger partial charge in [-0.05, 0) is 44.9 Å². The minimum absolute atomic E-state index is 0.265. The number of hydrogen-bond donors (Lipinski definition) is 6. The summed E-state index contributed by atoms with van der Waals surface area (Å²) in [6, 6.07) is -0.942. The number of carbonyl (C=O) groups is 1. The van der Waals surface area contributed by atoms with Crippen LogP contribution in [0.25, 0.3) is 0 Å². The molecule has 1 aliphatic rings. The lowest BCUT2D eigenvalue weighted by atomic mass is 9.99. The van der Waals surface area contributed by atoms with Crippen LogP contribution >= 0.6 is 0 Å². The third kappa shape index (κ3) is 28.6. The summed E-state index contributed by atoms with van der Waals surface area (Å²) in [6.45, 7) is 3.36. The first kappa shape index (κ1) is 53.6. The zero-order valence-electron chi connectivity index (χ0n) is 35.7. The van der Waals surface area contributed by atoms with E-state index in [0.29, 0.717) is 6.42 Å². The monoisotopic (exact) mass is 834 g/mol. The Morgan fingerprint density at radius 3 is 1.58 bits per heavy atom. The molecular weight excluding hydrogens is 751 g/mol. The van der Waals surface area contributed by atoms with Gasteiger partial charge in [-0.2, -0.15) is 8.42 Å². The second-order valence-electron chi connectivity index (χ2n) is 16.0. The summed E-state index contributed by atoms with van der Waals surface area (Å²) in [4.78, 5) is 13.0. The number of aliphatic hydroxyl groups excluding tert-OH is 4. The van der Waals surface area contributed by atoms with Crippen molar-refractivity contribution >= 4 is 16.3 Å². The summed E-state index contributed by atoms with van der Waals surface area (Å²) < 4.78 is 47.5. The molecule has 0 aromatic heterocycles. The average molecular weight is 834 g/mol. The molecule has 0 aliphatic carbocycles. The predicted molar refractivity (Wildman–Crippen MR) is 227 cm³/mol. The molecule has 1 rings (SSSR count). The smallest absolute Gasteiger partial charge is 0.394 e. The van der Waals surface area contributed by atoms with Crippen LogP contribution in [0.15, 0.2) is 24.3 Å². The molecule has 1 aliphatic heterocycles. The minimum atomic E-state index is -5.08. The molecule has 7 atom stereocenters. The van der Waals surface area contributed by atoms with Gasteiger partial charge in [0.25, 0.3) is 0 Å². The van der Waals surface area contributed by atoms with Crippen LogP contribution in [0.5, 0.6) is 0 Å². The van der Waals surface area contributed by atoms with Gasteiger partial charge in [0, 0.05) is 6.42 Å². The molecule has 0 spiro atoms. The first-order valence-corrected chi connectivity index (χ1v) is 24.1. The molecule has 0 radical (unpaired) electrons. The Labute approximate surface area is 346 Å². The Morgan fingerprint density at radius 2 is 1.12 bits per heavy atom. The first-order valence-electron chi connectivity index (χ1n) is 22.7. The molecule has 0 bridgehead atoms. The highest BCUT2D eigenvalue weighted by atomic mass is 32.3. The van der Waals surface area contributed by atoms with Crippen LogP contribution in [-0.4, -0.2) is 95.4 Å². The van der Waals surface area contributed by atoms with Crippen molar-refractivity contribution in [2.24, 2.45) is 0 Å². The molecule has 1 heterocycles. The molecule has 57 heavy (non-hydrogen) atoms. The number of aliphatic hydroxyl groups is 4. The predicted octanol–water partition coefficient (Wildman–Crippen LogP) is 8.55. The van der Waals surface area contributed by atoms with Crippen molar-refractivity contribution in [3.05, 3.63) is 24.3 Å². The van der Waals surface area contributed by atoms with Gasteiger partial charge < -0.3 is 35.2 Å². The lowest BCUT2D eigenvalue weighted by molar-refractivity contribution is -0.298. The molecular formula is C44H83NO11S. The van der Waals surface area contributed by atoms with Crippen molar-refractivity contribution in [2.45, 2.75) is 236 Å². The molecule has 336 valence electrons. The number of allylic oxidation sites excluding steroid dienone is 3. The van der Waals surface area contributed by atoms with Gasteiger partial charge in [0.1, 0.15) is 24.4 Å². The summed E-state index contributed by atoms with van der Waals surface area (Å²) in [5, 5.41) is 44.6. The van der Waals surface area contributed by atoms with E-state index in [1.54, 1.807) is 6.08 Å². The summed E-state index contributed by atoms with van der Waals surface area (Å²) in [5.74, 6) is -0.268. The van der Waals surface area contributed by atoms with Crippen molar-refractivity contribution in [1.29, 1.82) is 0 Å². The van der Waals surface area contributed by atoms with Crippen molar-refractivity contribution in [2.75, 3.05) is 13.2 Å². The van der Waals surface area contributed by atoms with Crippen LogP contribution in [0.2, 0.25) is 0 Å². The zero-order chi connectivity index (χ0) is 42.0. The third-order valence-electron chi connectivity index (χ3n) is 10.7. The van der Waals surface area contributed by atoms with Gasteiger partial charge in [-0.1, -0.05) is 167 Å². The minimum Gasteiger partial charge on any atom is -0.394 e. The maximum atomic E-state index is 13.0. The number of unbranched alkanes of at least 4 members (excludes halogenated alkanes) is 24. The van der Waals surface area contributed by atoms with E-state index in [1.807, 2.05) is 6.08 Å². The van der Waals surface area contributed by atoms with Gasteiger partial charge >= 0.3 is 10.4 Å². The molecule has 13 heteroatoms. The van der Waals surface area contributed by atoms with E-state index in [-0.39, 0.29) is 18.9 Å². The van der Waals surface area contributed by atoms with Crippen LogP contribution in [-0.2, 0) is 28.9 Å². The molecule has 1 saturated heterocycles. The number of carbonyl (C=O) groups excluding carboxylic acids is 1. The highest BCUT2D eigenvalue weighted by Gasteiger charge is 2.48. The third-order valence-corrected chi connectivity index (χ3v) is 11.2. The summed E-state index contributed by atoms with van der Waals surface area (Å²) >= 11 is 0. The second kappa shape index (κ2) is 35.3. The average Bonchev–Trinajstić information content (AvgIpc) is 3.18. The van der Waals surface area contributed by atoms with Crippen LogP contribution in [0.1, 0.15) is 194 Å². The number of nitrogens with one attached hydrogen (secondary N) is 1. The highest BCUT2D eigenvalue weighted by molar-refractivity contribution is 7.80. The van der Waals surface area contributed by atoms with Crippen molar-refractivity contribution < 1.29 is 51.8 Å². The van der Waals surface area contributed by atoms with E-state index < -0.39 is 59.9 Å². The Morgan fingerprint density at radius 1 is 0.684 bits per heavy atom. The number of rotatable bonds is 38. The Balaban J connectivity index is 2.49. The molecule has 12 nitrogen and oxygen atoms in total. The van der Waals surface area contributed by atoms with E-state index >= 15 is 0 Å². The van der Waals surface area contributed by atoms with Crippen LogP contribution in [0.3, 0.4) is 0 Å². The van der Waals surface area contributed by atoms with Crippen LogP contribution in [0.4, 0.5) is 0 Å².